The van der Waals surface area contributed by atoms with Gasteiger partial charge in [0.25, 0.3) is 0 Å². The molecule has 0 aliphatic carbocycles. The molecule has 2 N–H and O–H groups in total. The number of hydrogen-bond donors (Lipinski definition) is 2. The van der Waals surface area contributed by atoms with Gasteiger partial charge in [0.1, 0.15) is 12.2 Å². The summed E-state index contributed by atoms with van der Waals surface area (Å²) in [5.41, 5.74) is 0.501. The molecule has 0 aliphatic rings. The molecule has 0 saturated carbocycles. The largest absolute Gasteiger partial charge is 0.385 e. The minimum Gasteiger partial charge on any atom is -0.385 e. The van der Waals surface area contributed by atoms with Gasteiger partial charge in [-0.15, -0.1) is 0 Å². The van der Waals surface area contributed by atoms with Gasteiger partial charge in [0.15, 0.2) is 6.27 Å². The van der Waals surface area contributed by atoms with Crippen molar-refractivity contribution >= 4 is 0 Å². The molecule has 1 aromatic rings. The highest BCUT2D eigenvalue weighted by molar-refractivity contribution is 5.18. The van der Waals surface area contributed by atoms with Crippen molar-refractivity contribution in [3.63, 3.8) is 0 Å². The Morgan fingerprint density at radius 1 is 1.13 bits per heavy atom. The quantitative estimate of drug-likeness (QED) is 0.707. The zero-order valence-electron chi connectivity index (χ0n) is 9.75. The first-order chi connectivity index (χ1) is 7.55. The van der Waals surface area contributed by atoms with Crippen LogP contribution in [0.2, 0.25) is 0 Å². The number of hydrogen-bond acceptors (Lipinski definition) is 4. The predicted molar refractivity (Wildman–Crippen MR) is 55.2 cm³/mol. The lowest BCUT2D eigenvalue weighted by molar-refractivity contribution is -0.191. The molecule has 4 nitrogen and oxygen atoms in total. The Morgan fingerprint density at radius 3 is 2.13 bits per heavy atom. The van der Waals surface area contributed by atoms with E-state index in [1.807, 2.05) is 0 Å². The van der Waals surface area contributed by atoms with Gasteiger partial charge in [-0.1, -0.05) is 30.3 Å². The second kappa shape index (κ2) is 5.82. The number of aliphatic hydroxyl groups excluding tert-OH is 2. The molecule has 0 bridgehead atoms. The van der Waals surface area contributed by atoms with Gasteiger partial charge < -0.3 is 19.7 Å². The summed E-state index contributed by atoms with van der Waals surface area (Å²) in [5.74, 6) is 0. The molecule has 0 saturated heterocycles. The van der Waals surface area contributed by atoms with E-state index >= 15 is 0 Å². The van der Waals surface area contributed by atoms with Gasteiger partial charge in [-0.3, -0.25) is 0 Å². The molecular formula is C11H16O4. The predicted octanol–water partition coefficient (Wildman–Crippen LogP) is 0.700. The molecule has 84 valence electrons. The van der Waals surface area contributed by atoms with Gasteiger partial charge in [-0.25, -0.2) is 0 Å². The Kier molecular flexibility index (Phi) is 4.11. The van der Waals surface area contributed by atoms with Crippen LogP contribution in [0.4, 0.5) is 0 Å². The third-order valence-electron chi connectivity index (χ3n) is 2.08. The lowest BCUT2D eigenvalue weighted by atomic mass is 10.0. The zero-order chi connectivity index (χ0) is 12.2. The maximum absolute atomic E-state index is 9.86. The SMILES string of the molecule is [2H]C(OC)(OC)[C@@H](O)[C@@H](O)c1ccccc1. The van der Waals surface area contributed by atoms with Crippen molar-refractivity contribution in [2.45, 2.75) is 18.5 Å². The molecule has 0 amide bonds. The van der Waals surface area contributed by atoms with Gasteiger partial charge in [0.2, 0.25) is 0 Å². The van der Waals surface area contributed by atoms with Crippen LogP contribution in [0.1, 0.15) is 13.0 Å². The van der Waals surface area contributed by atoms with Crippen molar-refractivity contribution in [3.05, 3.63) is 35.9 Å². The van der Waals surface area contributed by atoms with Crippen molar-refractivity contribution < 1.29 is 21.1 Å². The first kappa shape index (κ1) is 10.6. The fourth-order valence-corrected chi connectivity index (χ4v) is 1.29. The number of ether oxygens (including phenoxy) is 2. The van der Waals surface area contributed by atoms with E-state index in [4.69, 9.17) is 10.8 Å². The molecule has 0 unspecified atom stereocenters. The lowest BCUT2D eigenvalue weighted by Gasteiger charge is -2.24. The molecular weight excluding hydrogens is 196 g/mol. The van der Waals surface area contributed by atoms with Crippen molar-refractivity contribution in [2.24, 2.45) is 0 Å². The summed E-state index contributed by atoms with van der Waals surface area (Å²) < 4.78 is 17.1. The van der Waals surface area contributed by atoms with E-state index in [1.54, 1.807) is 30.3 Å². The molecule has 0 aliphatic heterocycles. The Morgan fingerprint density at radius 2 is 1.67 bits per heavy atom. The molecule has 0 spiro atoms. The zero-order valence-corrected chi connectivity index (χ0v) is 8.75. The fraction of sp³-hybridized carbons (Fsp3) is 0.455. The summed E-state index contributed by atoms with van der Waals surface area (Å²) in [6, 6.07) is 8.56. The van der Waals surface area contributed by atoms with E-state index < -0.39 is 18.5 Å². The van der Waals surface area contributed by atoms with Gasteiger partial charge >= 0.3 is 0 Å². The first-order valence-corrected chi connectivity index (χ1v) is 4.56. The Hall–Kier alpha value is -0.940. The van der Waals surface area contributed by atoms with Crippen molar-refractivity contribution in [3.8, 4) is 0 Å². The van der Waals surface area contributed by atoms with Gasteiger partial charge in [0, 0.05) is 14.2 Å². The normalized spacial score (nSPS) is 16.9. The minimum atomic E-state index is -1.98. The summed E-state index contributed by atoms with van der Waals surface area (Å²) in [6.45, 7) is 0. The third kappa shape index (κ3) is 3.00. The number of methoxy groups -OCH3 is 2. The van der Waals surface area contributed by atoms with Gasteiger partial charge in [-0.05, 0) is 5.56 Å². The smallest absolute Gasteiger partial charge is 0.185 e. The summed E-state index contributed by atoms with van der Waals surface area (Å²) in [6.07, 6.45) is -4.71. The van der Waals surface area contributed by atoms with Crippen LogP contribution in [-0.4, -0.2) is 36.8 Å². The van der Waals surface area contributed by atoms with Crippen LogP contribution in [0.5, 0.6) is 0 Å². The molecule has 2 atom stereocenters. The van der Waals surface area contributed by atoms with E-state index in [0.717, 1.165) is 0 Å². The standard InChI is InChI=1S/C11H16O4/c1-14-11(15-2)10(13)9(12)8-6-4-3-5-7-8/h3-7,9-13H,1-2H3/t9-,10-/m0/s1/i11D. The van der Waals surface area contributed by atoms with Crippen LogP contribution < -0.4 is 0 Å². The van der Waals surface area contributed by atoms with E-state index in [9.17, 15) is 10.2 Å². The van der Waals surface area contributed by atoms with E-state index in [-0.39, 0.29) is 0 Å². The van der Waals surface area contributed by atoms with Crippen molar-refractivity contribution in [1.29, 1.82) is 0 Å². The number of benzene rings is 1. The molecule has 15 heavy (non-hydrogen) atoms. The summed E-state index contributed by atoms with van der Waals surface area (Å²) in [7, 11) is 2.47. The fourth-order valence-electron chi connectivity index (χ4n) is 1.29. The molecule has 4 heteroatoms. The minimum absolute atomic E-state index is 0.501. The first-order valence-electron chi connectivity index (χ1n) is 5.06. The highest BCUT2D eigenvalue weighted by Gasteiger charge is 2.27. The highest BCUT2D eigenvalue weighted by Crippen LogP contribution is 2.19. The van der Waals surface area contributed by atoms with Crippen LogP contribution in [0.25, 0.3) is 0 Å². The molecule has 0 heterocycles. The van der Waals surface area contributed by atoms with Crippen LogP contribution in [-0.2, 0) is 9.47 Å². The number of rotatable bonds is 5. The monoisotopic (exact) mass is 213 g/mol. The highest BCUT2D eigenvalue weighted by atomic mass is 16.7. The third-order valence-corrected chi connectivity index (χ3v) is 2.08. The van der Waals surface area contributed by atoms with Crippen molar-refractivity contribution in [2.75, 3.05) is 14.2 Å². The molecule has 1 aromatic carbocycles. The van der Waals surface area contributed by atoms with E-state index in [0.29, 0.717) is 5.56 Å². The average molecular weight is 213 g/mol. The van der Waals surface area contributed by atoms with Gasteiger partial charge in [0.05, 0.1) is 1.37 Å². The maximum atomic E-state index is 9.86. The van der Waals surface area contributed by atoms with Crippen molar-refractivity contribution in [1.82, 2.24) is 0 Å². The molecule has 0 radical (unpaired) electrons. The summed E-state index contributed by atoms with van der Waals surface area (Å²) >= 11 is 0. The Balaban J connectivity index is 2.85. The van der Waals surface area contributed by atoms with E-state index in [1.165, 1.54) is 14.2 Å². The topological polar surface area (TPSA) is 58.9 Å². The second-order valence-electron chi connectivity index (χ2n) is 3.03. The molecule has 0 fully saturated rings. The average Bonchev–Trinajstić information content (AvgIpc) is 2.37. The molecule has 1 rings (SSSR count). The number of aliphatic hydroxyl groups is 2. The lowest BCUT2D eigenvalue weighted by Crippen LogP contribution is -2.35. The molecule has 0 aromatic heterocycles. The van der Waals surface area contributed by atoms with Gasteiger partial charge in [-0.2, -0.15) is 0 Å². The van der Waals surface area contributed by atoms with Crippen LogP contribution in [0.3, 0.4) is 0 Å². The van der Waals surface area contributed by atoms with Crippen LogP contribution in [0, 0.1) is 0 Å². The maximum Gasteiger partial charge on any atom is 0.185 e. The van der Waals surface area contributed by atoms with E-state index in [2.05, 4.69) is 0 Å². The second-order valence-corrected chi connectivity index (χ2v) is 3.03. The Bertz CT molecular complexity index is 313. The Labute approximate surface area is 90.5 Å². The summed E-state index contributed by atoms with van der Waals surface area (Å²) in [5, 5.41) is 19.7. The summed E-state index contributed by atoms with van der Waals surface area (Å²) in [4.78, 5) is 0. The van der Waals surface area contributed by atoms with Crippen LogP contribution >= 0.6 is 0 Å². The van der Waals surface area contributed by atoms with Crippen LogP contribution in [0.15, 0.2) is 30.3 Å².